The quantitative estimate of drug-likeness (QED) is 0.795. The number of rotatable bonds is 2. The number of aromatic nitrogens is 1. The molecule has 0 radical (unpaired) electrons. The molecule has 2 amide bonds. The van der Waals surface area contributed by atoms with Crippen molar-refractivity contribution >= 4 is 39.7 Å². The van der Waals surface area contributed by atoms with Gasteiger partial charge in [-0.15, -0.1) is 11.3 Å². The third kappa shape index (κ3) is 2.59. The van der Waals surface area contributed by atoms with Gasteiger partial charge >= 0.3 is 6.03 Å². The fourth-order valence-electron chi connectivity index (χ4n) is 2.39. The van der Waals surface area contributed by atoms with Gasteiger partial charge in [-0.3, -0.25) is 0 Å². The molecule has 1 aliphatic rings. The highest BCUT2D eigenvalue weighted by molar-refractivity contribution is 7.13. The fraction of sp³-hybridized carbons (Fsp3) is 0.143. The number of carbonyl (C=O) groups excluding carboxylic acids is 1. The van der Waals surface area contributed by atoms with Crippen LogP contribution in [0.5, 0.6) is 0 Å². The largest absolute Gasteiger partial charge is 0.375 e. The van der Waals surface area contributed by atoms with Gasteiger partial charge in [0.25, 0.3) is 0 Å². The summed E-state index contributed by atoms with van der Waals surface area (Å²) in [5.41, 5.74) is 8.91. The summed E-state index contributed by atoms with van der Waals surface area (Å²) in [6.07, 6.45) is 0. The van der Waals surface area contributed by atoms with Gasteiger partial charge in [-0.05, 0) is 18.6 Å². The minimum absolute atomic E-state index is 0.260. The Morgan fingerprint density at radius 3 is 2.81 bits per heavy atom. The van der Waals surface area contributed by atoms with E-state index in [4.69, 9.17) is 17.3 Å². The molecule has 1 aromatic carbocycles. The molecule has 7 heteroatoms. The maximum Gasteiger partial charge on any atom is 0.319 e. The molecule has 0 fully saturated rings. The predicted molar refractivity (Wildman–Crippen MR) is 85.0 cm³/mol. The van der Waals surface area contributed by atoms with Crippen LogP contribution in [0.15, 0.2) is 35.3 Å². The van der Waals surface area contributed by atoms with E-state index in [1.165, 1.54) is 11.3 Å². The highest BCUT2D eigenvalue weighted by Crippen LogP contribution is 2.37. The number of nitrogens with one attached hydrogen (secondary N) is 2. The summed E-state index contributed by atoms with van der Waals surface area (Å²) < 4.78 is 0. The van der Waals surface area contributed by atoms with E-state index in [1.54, 1.807) is 6.07 Å². The molecular weight excluding hydrogens is 308 g/mol. The van der Waals surface area contributed by atoms with Gasteiger partial charge in [-0.2, -0.15) is 0 Å². The number of thiazole rings is 1. The second-order valence-corrected chi connectivity index (χ2v) is 5.96. The first kappa shape index (κ1) is 13.9. The van der Waals surface area contributed by atoms with E-state index in [9.17, 15) is 4.79 Å². The molecule has 1 unspecified atom stereocenters. The van der Waals surface area contributed by atoms with Crippen molar-refractivity contribution < 1.29 is 4.79 Å². The van der Waals surface area contributed by atoms with Crippen LogP contribution in [0, 0.1) is 0 Å². The van der Waals surface area contributed by atoms with Crippen LogP contribution in [0.1, 0.15) is 24.2 Å². The van der Waals surface area contributed by atoms with Gasteiger partial charge < -0.3 is 16.4 Å². The van der Waals surface area contributed by atoms with Crippen LogP contribution in [0.2, 0.25) is 5.02 Å². The minimum atomic E-state index is -0.353. The normalized spacial score (nSPS) is 18.4. The molecule has 1 aromatic heterocycles. The molecular formula is C14H13ClN4OS. The molecule has 0 bridgehead atoms. The van der Waals surface area contributed by atoms with Gasteiger partial charge in [-0.1, -0.05) is 29.8 Å². The van der Waals surface area contributed by atoms with E-state index in [-0.39, 0.29) is 12.1 Å². The Morgan fingerprint density at radius 2 is 2.14 bits per heavy atom. The SMILES string of the molecule is CC1=C(c2csc(N)n2)C(c2ccccc2Cl)NC(=O)N1. The number of amides is 2. The Hall–Kier alpha value is -2.05. The van der Waals surface area contributed by atoms with Gasteiger partial charge in [0.2, 0.25) is 0 Å². The molecule has 21 heavy (non-hydrogen) atoms. The van der Waals surface area contributed by atoms with E-state index in [2.05, 4.69) is 15.6 Å². The first-order chi connectivity index (χ1) is 10.1. The van der Waals surface area contributed by atoms with Crippen molar-refractivity contribution in [3.8, 4) is 0 Å². The number of halogens is 1. The topological polar surface area (TPSA) is 80.0 Å². The Morgan fingerprint density at radius 1 is 1.38 bits per heavy atom. The lowest BCUT2D eigenvalue weighted by Crippen LogP contribution is -2.43. The van der Waals surface area contributed by atoms with Crippen molar-refractivity contribution in [2.24, 2.45) is 0 Å². The molecule has 0 saturated heterocycles. The molecule has 4 N–H and O–H groups in total. The van der Waals surface area contributed by atoms with Crippen LogP contribution in [-0.4, -0.2) is 11.0 Å². The van der Waals surface area contributed by atoms with Crippen molar-refractivity contribution in [1.82, 2.24) is 15.6 Å². The van der Waals surface area contributed by atoms with Crippen molar-refractivity contribution in [1.29, 1.82) is 0 Å². The Balaban J connectivity index is 2.14. The number of anilines is 1. The number of hydrogen-bond acceptors (Lipinski definition) is 4. The molecule has 2 heterocycles. The molecule has 108 valence electrons. The summed E-state index contributed by atoms with van der Waals surface area (Å²) in [4.78, 5) is 16.1. The summed E-state index contributed by atoms with van der Waals surface area (Å²) in [5, 5.41) is 8.61. The second-order valence-electron chi connectivity index (χ2n) is 4.66. The van der Waals surface area contributed by atoms with Crippen LogP contribution < -0.4 is 16.4 Å². The molecule has 0 spiro atoms. The van der Waals surface area contributed by atoms with E-state index < -0.39 is 0 Å². The monoisotopic (exact) mass is 320 g/mol. The van der Waals surface area contributed by atoms with E-state index >= 15 is 0 Å². The third-order valence-electron chi connectivity index (χ3n) is 3.28. The van der Waals surface area contributed by atoms with Crippen LogP contribution in [0.4, 0.5) is 9.93 Å². The van der Waals surface area contributed by atoms with Crippen molar-refractivity contribution in [2.45, 2.75) is 13.0 Å². The highest BCUT2D eigenvalue weighted by Gasteiger charge is 2.30. The summed E-state index contributed by atoms with van der Waals surface area (Å²) in [6, 6.07) is 6.82. The number of nitrogen functional groups attached to an aromatic ring is 1. The number of urea groups is 1. The number of nitrogens with two attached hydrogens (primary N) is 1. The average molecular weight is 321 g/mol. The van der Waals surface area contributed by atoms with Crippen LogP contribution >= 0.6 is 22.9 Å². The maximum atomic E-state index is 11.8. The summed E-state index contributed by atoms with van der Waals surface area (Å²) in [5.74, 6) is 0. The maximum absolute atomic E-state index is 11.8. The van der Waals surface area contributed by atoms with Crippen LogP contribution in [-0.2, 0) is 0 Å². The summed E-state index contributed by atoms with van der Waals surface area (Å²) in [6.45, 7) is 1.84. The zero-order valence-corrected chi connectivity index (χ0v) is 12.8. The molecule has 5 nitrogen and oxygen atoms in total. The predicted octanol–water partition coefficient (Wildman–Crippen LogP) is 3.16. The first-order valence-electron chi connectivity index (χ1n) is 6.30. The van der Waals surface area contributed by atoms with Gasteiger partial charge in [-0.25, -0.2) is 9.78 Å². The molecule has 2 aromatic rings. The first-order valence-corrected chi connectivity index (χ1v) is 7.56. The zero-order valence-electron chi connectivity index (χ0n) is 11.2. The summed E-state index contributed by atoms with van der Waals surface area (Å²) >= 11 is 7.64. The number of nitrogens with zero attached hydrogens (tertiary/aromatic N) is 1. The van der Waals surface area contributed by atoms with E-state index in [0.29, 0.717) is 10.2 Å². The number of hydrogen-bond donors (Lipinski definition) is 3. The number of benzene rings is 1. The minimum Gasteiger partial charge on any atom is -0.375 e. The van der Waals surface area contributed by atoms with Crippen LogP contribution in [0.25, 0.3) is 5.57 Å². The number of allylic oxidation sites excluding steroid dienone is 1. The highest BCUT2D eigenvalue weighted by atomic mass is 35.5. The lowest BCUT2D eigenvalue weighted by molar-refractivity contribution is 0.240. The van der Waals surface area contributed by atoms with Crippen molar-refractivity contribution in [2.75, 3.05) is 5.73 Å². The third-order valence-corrected chi connectivity index (χ3v) is 4.30. The molecule has 1 atom stereocenters. The van der Waals surface area contributed by atoms with Crippen LogP contribution in [0.3, 0.4) is 0 Å². The number of carbonyl (C=O) groups is 1. The standard InChI is InChI=1S/C14H13ClN4OS/c1-7-11(10-6-21-13(16)18-10)12(19-14(20)17-7)8-4-2-3-5-9(8)15/h2-6,12H,1H3,(H2,16,18)(H2,17,19,20). The fourth-order valence-corrected chi connectivity index (χ4v) is 3.20. The summed E-state index contributed by atoms with van der Waals surface area (Å²) in [7, 11) is 0. The second kappa shape index (κ2) is 5.38. The van der Waals surface area contributed by atoms with E-state index in [0.717, 1.165) is 22.5 Å². The Labute approximate surface area is 130 Å². The zero-order chi connectivity index (χ0) is 15.0. The smallest absolute Gasteiger partial charge is 0.319 e. The van der Waals surface area contributed by atoms with Crippen molar-refractivity contribution in [3.05, 3.63) is 51.6 Å². The Kier molecular flexibility index (Phi) is 3.57. The molecule has 3 rings (SSSR count). The molecule has 0 aliphatic carbocycles. The lowest BCUT2D eigenvalue weighted by atomic mass is 9.94. The Bertz CT molecular complexity index is 740. The van der Waals surface area contributed by atoms with Gasteiger partial charge in [0.1, 0.15) is 0 Å². The van der Waals surface area contributed by atoms with Gasteiger partial charge in [0.05, 0.1) is 11.7 Å². The lowest BCUT2D eigenvalue weighted by Gasteiger charge is -2.29. The van der Waals surface area contributed by atoms with Gasteiger partial charge in [0, 0.05) is 21.7 Å². The molecule has 0 saturated carbocycles. The average Bonchev–Trinajstić information content (AvgIpc) is 2.84. The van der Waals surface area contributed by atoms with Gasteiger partial charge in [0.15, 0.2) is 5.13 Å². The van der Waals surface area contributed by atoms with E-state index in [1.807, 2.05) is 30.5 Å². The molecule has 1 aliphatic heterocycles. The van der Waals surface area contributed by atoms with Crippen molar-refractivity contribution in [3.63, 3.8) is 0 Å².